The molecule has 2 aromatic heterocycles. The van der Waals surface area contributed by atoms with E-state index in [0.717, 1.165) is 5.56 Å². The highest BCUT2D eigenvalue weighted by atomic mass is 19.1. The zero-order chi connectivity index (χ0) is 21.3. The molecule has 3 atom stereocenters. The second kappa shape index (κ2) is 8.21. The molecule has 156 valence electrons. The molecule has 8 nitrogen and oxygen atoms in total. The summed E-state index contributed by atoms with van der Waals surface area (Å²) in [4.78, 5) is 18.5. The number of nitrogens with zero attached hydrogens (tertiary/aromatic N) is 4. The highest BCUT2D eigenvalue weighted by Gasteiger charge is 2.37. The molecule has 3 aromatic rings. The van der Waals surface area contributed by atoms with Crippen molar-refractivity contribution in [3.05, 3.63) is 71.9 Å². The predicted molar refractivity (Wildman–Crippen MR) is 107 cm³/mol. The lowest BCUT2D eigenvalue weighted by molar-refractivity contribution is -0.123. The molecule has 0 spiro atoms. The third-order valence-corrected chi connectivity index (χ3v) is 4.97. The minimum atomic E-state index is -1.50. The van der Waals surface area contributed by atoms with Crippen LogP contribution in [0.1, 0.15) is 24.4 Å². The SMILES string of the molecule is C[C@@H]1Oc2cccnc2N(C)C(=O)[C@H]1NC(O)c1nn(Cc2ccccc2)cc1F. The van der Waals surface area contributed by atoms with Crippen LogP contribution in [0.4, 0.5) is 10.2 Å². The molecule has 0 saturated heterocycles. The molecule has 0 fully saturated rings. The smallest absolute Gasteiger partial charge is 0.249 e. The van der Waals surface area contributed by atoms with E-state index >= 15 is 0 Å². The van der Waals surface area contributed by atoms with Crippen molar-refractivity contribution in [2.24, 2.45) is 0 Å². The fourth-order valence-corrected chi connectivity index (χ4v) is 3.41. The third-order valence-electron chi connectivity index (χ3n) is 4.97. The molecule has 3 heterocycles. The number of pyridine rings is 1. The lowest BCUT2D eigenvalue weighted by atomic mass is 10.1. The summed E-state index contributed by atoms with van der Waals surface area (Å²) in [6.07, 6.45) is 0.654. The lowest BCUT2D eigenvalue weighted by Gasteiger charge is -2.25. The van der Waals surface area contributed by atoms with E-state index in [9.17, 15) is 14.3 Å². The van der Waals surface area contributed by atoms with Crippen LogP contribution in [0.15, 0.2) is 54.9 Å². The van der Waals surface area contributed by atoms with E-state index in [1.54, 1.807) is 32.3 Å². The van der Waals surface area contributed by atoms with Crippen molar-refractivity contribution in [3.8, 4) is 5.75 Å². The number of aliphatic hydroxyl groups excluding tert-OH is 1. The van der Waals surface area contributed by atoms with Crippen LogP contribution in [0.2, 0.25) is 0 Å². The molecule has 1 unspecified atom stereocenters. The molecular weight excluding hydrogens is 389 g/mol. The van der Waals surface area contributed by atoms with Crippen LogP contribution in [0.5, 0.6) is 5.75 Å². The van der Waals surface area contributed by atoms with Gasteiger partial charge in [0.05, 0.1) is 12.7 Å². The molecule has 4 rings (SSSR count). The molecule has 30 heavy (non-hydrogen) atoms. The molecule has 9 heteroatoms. The van der Waals surface area contributed by atoms with Gasteiger partial charge in [-0.15, -0.1) is 0 Å². The summed E-state index contributed by atoms with van der Waals surface area (Å²) in [5, 5.41) is 17.5. The van der Waals surface area contributed by atoms with E-state index in [1.165, 1.54) is 15.8 Å². The number of halogens is 1. The van der Waals surface area contributed by atoms with Gasteiger partial charge in [0, 0.05) is 13.2 Å². The van der Waals surface area contributed by atoms with Gasteiger partial charge in [-0.1, -0.05) is 30.3 Å². The van der Waals surface area contributed by atoms with Gasteiger partial charge in [-0.2, -0.15) is 5.10 Å². The van der Waals surface area contributed by atoms with Gasteiger partial charge in [0.15, 0.2) is 23.6 Å². The highest BCUT2D eigenvalue weighted by molar-refractivity contribution is 5.98. The number of likely N-dealkylation sites (N-methyl/N-ethyl adjacent to an activating group) is 1. The number of nitrogens with one attached hydrogen (secondary N) is 1. The Bertz CT molecular complexity index is 1040. The Morgan fingerprint density at radius 3 is 2.80 bits per heavy atom. The van der Waals surface area contributed by atoms with E-state index < -0.39 is 24.2 Å². The number of rotatable bonds is 5. The van der Waals surface area contributed by atoms with E-state index in [4.69, 9.17) is 4.74 Å². The van der Waals surface area contributed by atoms with Crippen molar-refractivity contribution in [3.63, 3.8) is 0 Å². The fourth-order valence-electron chi connectivity index (χ4n) is 3.41. The number of amides is 1. The Hall–Kier alpha value is -3.30. The molecule has 0 radical (unpaired) electrons. The van der Waals surface area contributed by atoms with Crippen LogP contribution in [0.25, 0.3) is 0 Å². The number of ether oxygens (including phenoxy) is 1. The Morgan fingerprint density at radius 1 is 1.27 bits per heavy atom. The summed E-state index contributed by atoms with van der Waals surface area (Å²) < 4.78 is 21.7. The summed E-state index contributed by atoms with van der Waals surface area (Å²) >= 11 is 0. The first-order valence-corrected chi connectivity index (χ1v) is 9.54. The van der Waals surface area contributed by atoms with Crippen molar-refractivity contribution in [1.29, 1.82) is 0 Å². The Kier molecular flexibility index (Phi) is 5.47. The van der Waals surface area contributed by atoms with Crippen LogP contribution in [-0.4, -0.2) is 45.0 Å². The van der Waals surface area contributed by atoms with Crippen LogP contribution in [-0.2, 0) is 11.3 Å². The number of fused-ring (bicyclic) bond motifs is 1. The summed E-state index contributed by atoms with van der Waals surface area (Å²) in [6.45, 7) is 2.05. The van der Waals surface area contributed by atoms with Crippen LogP contribution >= 0.6 is 0 Å². The van der Waals surface area contributed by atoms with Gasteiger partial charge in [0.25, 0.3) is 0 Å². The largest absolute Gasteiger partial charge is 0.485 e. The molecule has 1 aliphatic rings. The van der Waals surface area contributed by atoms with Crippen LogP contribution in [0.3, 0.4) is 0 Å². The quantitative estimate of drug-likeness (QED) is 0.623. The van der Waals surface area contributed by atoms with E-state index in [0.29, 0.717) is 18.1 Å². The second-order valence-electron chi connectivity index (χ2n) is 7.14. The minimum Gasteiger partial charge on any atom is -0.485 e. The first-order valence-electron chi connectivity index (χ1n) is 9.54. The van der Waals surface area contributed by atoms with Crippen molar-refractivity contribution >= 4 is 11.7 Å². The number of aromatic nitrogens is 3. The molecule has 0 aliphatic carbocycles. The zero-order valence-corrected chi connectivity index (χ0v) is 16.6. The summed E-state index contributed by atoms with van der Waals surface area (Å²) in [5.41, 5.74) is 0.760. The van der Waals surface area contributed by atoms with E-state index in [-0.39, 0.29) is 11.6 Å². The van der Waals surface area contributed by atoms with Crippen molar-refractivity contribution < 1.29 is 19.0 Å². The first kappa shape index (κ1) is 20.0. The molecule has 0 saturated carbocycles. The third kappa shape index (κ3) is 3.89. The Balaban J connectivity index is 1.52. The number of hydrogen-bond acceptors (Lipinski definition) is 6. The zero-order valence-electron chi connectivity index (χ0n) is 16.6. The Labute approximate surface area is 172 Å². The van der Waals surface area contributed by atoms with Crippen LogP contribution < -0.4 is 15.0 Å². The van der Waals surface area contributed by atoms with Gasteiger partial charge >= 0.3 is 0 Å². The topological polar surface area (TPSA) is 92.5 Å². The fraction of sp³-hybridized carbons (Fsp3) is 0.286. The van der Waals surface area contributed by atoms with E-state index in [2.05, 4.69) is 15.4 Å². The standard InChI is InChI=1S/C21H22FN5O3/c1-13-17(21(29)26(2)19-16(30-13)9-6-10-23-19)24-20(28)18-15(22)12-27(25-18)11-14-7-4-3-5-8-14/h3-10,12-13,17,20,24,28H,11H2,1-2H3/t13-,17-,20?/m0/s1. The number of carbonyl (C=O) groups is 1. The van der Waals surface area contributed by atoms with E-state index in [1.807, 2.05) is 30.3 Å². The van der Waals surface area contributed by atoms with Gasteiger partial charge in [-0.05, 0) is 24.6 Å². The molecule has 1 aliphatic heterocycles. The molecule has 1 amide bonds. The van der Waals surface area contributed by atoms with Gasteiger partial charge in [0.1, 0.15) is 17.8 Å². The summed E-state index contributed by atoms with van der Waals surface area (Å²) in [6, 6.07) is 12.0. The van der Waals surface area contributed by atoms with Crippen molar-refractivity contribution in [2.75, 3.05) is 11.9 Å². The number of anilines is 1. The molecule has 0 bridgehead atoms. The number of benzene rings is 1. The van der Waals surface area contributed by atoms with Gasteiger partial charge in [-0.25, -0.2) is 9.37 Å². The normalized spacial score (nSPS) is 19.7. The maximum absolute atomic E-state index is 14.5. The molecule has 2 N–H and O–H groups in total. The maximum atomic E-state index is 14.5. The highest BCUT2D eigenvalue weighted by Crippen LogP contribution is 2.30. The lowest BCUT2D eigenvalue weighted by Crippen LogP contribution is -2.52. The predicted octanol–water partition coefficient (Wildman–Crippen LogP) is 1.86. The average molecular weight is 411 g/mol. The summed E-state index contributed by atoms with van der Waals surface area (Å²) in [7, 11) is 1.58. The number of hydrogen-bond donors (Lipinski definition) is 2. The first-order chi connectivity index (χ1) is 14.4. The molecule has 1 aromatic carbocycles. The molecular formula is C21H22FN5O3. The van der Waals surface area contributed by atoms with Crippen molar-refractivity contribution in [1.82, 2.24) is 20.1 Å². The van der Waals surface area contributed by atoms with Gasteiger partial charge < -0.3 is 9.84 Å². The van der Waals surface area contributed by atoms with Crippen molar-refractivity contribution in [2.45, 2.75) is 31.8 Å². The minimum absolute atomic E-state index is 0.187. The van der Waals surface area contributed by atoms with Gasteiger partial charge in [0.2, 0.25) is 5.91 Å². The maximum Gasteiger partial charge on any atom is 0.249 e. The van der Waals surface area contributed by atoms with Crippen LogP contribution in [0, 0.1) is 5.82 Å². The summed E-state index contributed by atoms with van der Waals surface area (Å²) in [5.74, 6) is -0.188. The van der Waals surface area contributed by atoms with Gasteiger partial charge in [-0.3, -0.25) is 19.7 Å². The average Bonchev–Trinajstić information content (AvgIpc) is 3.08. The number of carbonyl (C=O) groups excluding carboxylic acids is 1. The monoisotopic (exact) mass is 411 g/mol. The number of aliphatic hydroxyl groups is 1. The second-order valence-corrected chi connectivity index (χ2v) is 7.14. The Morgan fingerprint density at radius 2 is 2.03 bits per heavy atom.